The molecule has 4 saturated carbocycles. The Kier molecular flexibility index (Phi) is 6.21. The first-order chi connectivity index (χ1) is 16.5. The molecule has 0 saturated heterocycles. The number of ketones is 1. The van der Waals surface area contributed by atoms with Crippen molar-refractivity contribution >= 4 is 29.2 Å². The van der Waals surface area contributed by atoms with Crippen LogP contribution in [0.25, 0.3) is 0 Å². The van der Waals surface area contributed by atoms with Crippen molar-refractivity contribution in [2.45, 2.75) is 74.8 Å². The zero-order chi connectivity index (χ0) is 25.0. The molecule has 1 aromatic carbocycles. The molecule has 4 fully saturated rings. The molecule has 8 nitrogen and oxygen atoms in total. The Labute approximate surface area is 203 Å². The first kappa shape index (κ1) is 24.3. The van der Waals surface area contributed by atoms with Gasteiger partial charge in [-0.2, -0.15) is 0 Å². The van der Waals surface area contributed by atoms with E-state index >= 15 is 0 Å². The van der Waals surface area contributed by atoms with E-state index in [9.17, 15) is 27.6 Å². The van der Waals surface area contributed by atoms with E-state index < -0.39 is 30.2 Å². The van der Waals surface area contributed by atoms with Gasteiger partial charge in [0.2, 0.25) is 5.91 Å². The second-order valence-corrected chi connectivity index (χ2v) is 10.2. The number of hydrogen-bond acceptors (Lipinski definition) is 6. The van der Waals surface area contributed by atoms with E-state index in [0.717, 1.165) is 0 Å². The third kappa shape index (κ3) is 5.26. The van der Waals surface area contributed by atoms with Gasteiger partial charge < -0.3 is 20.1 Å². The molecule has 1 aliphatic heterocycles. The zero-order valence-corrected chi connectivity index (χ0v) is 19.3. The van der Waals surface area contributed by atoms with E-state index in [1.165, 1.54) is 6.07 Å². The summed E-state index contributed by atoms with van der Waals surface area (Å²) in [5, 5.41) is 6.34. The third-order valence-electron chi connectivity index (χ3n) is 7.20. The maximum absolute atomic E-state index is 12.9. The fourth-order valence-electron chi connectivity index (χ4n) is 5.47. The number of rotatable bonds is 7. The fourth-order valence-corrected chi connectivity index (χ4v) is 5.64. The summed E-state index contributed by atoms with van der Waals surface area (Å²) in [6, 6.07) is 4.56. The maximum Gasteiger partial charge on any atom is 0.522 e. The van der Waals surface area contributed by atoms with Gasteiger partial charge in [0, 0.05) is 29.4 Å². The molecule has 0 spiro atoms. The van der Waals surface area contributed by atoms with Crippen LogP contribution < -0.4 is 15.4 Å². The molecule has 1 heterocycles. The van der Waals surface area contributed by atoms with Gasteiger partial charge in [0.25, 0.3) is 5.91 Å². The van der Waals surface area contributed by atoms with E-state index in [1.807, 2.05) is 0 Å². The van der Waals surface area contributed by atoms with Gasteiger partial charge >= 0.3 is 6.36 Å². The van der Waals surface area contributed by atoms with Crippen molar-refractivity contribution in [3.63, 3.8) is 0 Å². The van der Waals surface area contributed by atoms with Crippen LogP contribution in [0.3, 0.4) is 0 Å². The van der Waals surface area contributed by atoms with Gasteiger partial charge in [-0.05, 0) is 43.4 Å². The lowest BCUT2D eigenvalue weighted by Crippen LogP contribution is -2.56. The van der Waals surface area contributed by atoms with Gasteiger partial charge in [0.05, 0.1) is 24.2 Å². The molecular weight excluding hydrogens is 493 g/mol. The van der Waals surface area contributed by atoms with Crippen molar-refractivity contribution in [2.75, 3.05) is 6.61 Å². The lowest BCUT2D eigenvalue weighted by Gasteiger charge is -2.40. The van der Waals surface area contributed by atoms with Crippen molar-refractivity contribution < 1.29 is 41.8 Å². The van der Waals surface area contributed by atoms with Crippen LogP contribution in [0.1, 0.15) is 48.9 Å². The molecule has 12 heteroatoms. The van der Waals surface area contributed by atoms with E-state index in [4.69, 9.17) is 21.1 Å². The summed E-state index contributed by atoms with van der Waals surface area (Å²) >= 11 is 5.93. The largest absolute Gasteiger partial charge is 0.522 e. The van der Waals surface area contributed by atoms with Crippen LogP contribution in [0.4, 0.5) is 13.2 Å². The summed E-state index contributed by atoms with van der Waals surface area (Å²) < 4.78 is 51.5. The number of alkyl halides is 3. The van der Waals surface area contributed by atoms with Gasteiger partial charge in [-0.3, -0.25) is 19.1 Å². The van der Waals surface area contributed by atoms with Crippen LogP contribution in [0.2, 0.25) is 5.02 Å². The lowest BCUT2D eigenvalue weighted by atomic mass is 9.76. The molecule has 2 bridgehead atoms. The number of nitrogens with one attached hydrogen (secondary N) is 2. The minimum absolute atomic E-state index is 0.0772. The highest BCUT2D eigenvalue weighted by atomic mass is 35.5. The molecule has 0 aromatic heterocycles. The Morgan fingerprint density at radius 2 is 1.91 bits per heavy atom. The SMILES string of the molecule is O=C(CO[C@H]1C[C@@H](OC(F)(F)F)C1)NC1CC2(NC(=O)C3CC(=O)c4cc(Cl)ccc4O3)CC1C2. The molecule has 6 rings (SSSR count). The monoisotopic (exact) mass is 516 g/mol. The van der Waals surface area contributed by atoms with Crippen LogP contribution in [0, 0.1) is 5.92 Å². The van der Waals surface area contributed by atoms with Gasteiger partial charge in [-0.1, -0.05) is 11.6 Å². The summed E-state index contributed by atoms with van der Waals surface area (Å²) in [5.41, 5.74) is -0.0943. The summed E-state index contributed by atoms with van der Waals surface area (Å²) in [7, 11) is 0. The Hall–Kier alpha value is -2.37. The van der Waals surface area contributed by atoms with Crippen LogP contribution in [-0.2, 0) is 19.1 Å². The standard InChI is InChI=1S/C23H24ClF3N2O6/c24-12-1-2-18-15(3-12)17(30)6-19(34-18)21(32)29-22-7-11(8-22)16(9-22)28-20(31)10-33-13-4-14(5-13)35-23(25,26)27/h1-3,11,13-14,16,19H,4-10H2,(H,28,31)(H,29,32)/t11?,13-,14+,16?,19?,22?. The molecule has 2 atom stereocenters. The Morgan fingerprint density at radius 3 is 2.63 bits per heavy atom. The van der Waals surface area contributed by atoms with E-state index in [-0.39, 0.29) is 55.4 Å². The van der Waals surface area contributed by atoms with Crippen LogP contribution in [0.5, 0.6) is 5.75 Å². The molecule has 5 aliphatic rings. The van der Waals surface area contributed by atoms with Gasteiger partial charge in [-0.15, -0.1) is 13.2 Å². The molecule has 2 N–H and O–H groups in total. The number of halogens is 4. The van der Waals surface area contributed by atoms with Crippen LogP contribution >= 0.6 is 11.6 Å². The highest BCUT2D eigenvalue weighted by molar-refractivity contribution is 6.31. The third-order valence-corrected chi connectivity index (χ3v) is 7.43. The summed E-state index contributed by atoms with van der Waals surface area (Å²) in [6.07, 6.45) is -4.89. The molecular formula is C23H24ClF3N2O6. The van der Waals surface area contributed by atoms with Crippen molar-refractivity contribution in [3.05, 3.63) is 28.8 Å². The molecule has 0 radical (unpaired) electrons. The Bertz CT molecular complexity index is 1040. The minimum atomic E-state index is -4.67. The second kappa shape index (κ2) is 8.94. The first-order valence-corrected chi connectivity index (χ1v) is 11.8. The quantitative estimate of drug-likeness (QED) is 0.578. The first-order valence-electron chi connectivity index (χ1n) is 11.5. The zero-order valence-electron chi connectivity index (χ0n) is 18.5. The number of hydrogen-bond donors (Lipinski definition) is 2. The van der Waals surface area contributed by atoms with Crippen LogP contribution in [0.15, 0.2) is 18.2 Å². The fraction of sp³-hybridized carbons (Fsp3) is 0.609. The lowest BCUT2D eigenvalue weighted by molar-refractivity contribution is -0.357. The Balaban J connectivity index is 1.06. The maximum atomic E-state index is 12.9. The van der Waals surface area contributed by atoms with Crippen LogP contribution in [-0.4, -0.2) is 60.5 Å². The normalized spacial score (nSPS) is 33.1. The predicted molar refractivity (Wildman–Crippen MR) is 115 cm³/mol. The summed E-state index contributed by atoms with van der Waals surface area (Å²) in [4.78, 5) is 37.6. The number of ether oxygens (including phenoxy) is 3. The van der Waals surface area contributed by atoms with Gasteiger partial charge in [0.15, 0.2) is 11.9 Å². The smallest absolute Gasteiger partial charge is 0.479 e. The van der Waals surface area contributed by atoms with Crippen molar-refractivity contribution in [1.82, 2.24) is 10.6 Å². The number of carbonyl (C=O) groups is 3. The summed E-state index contributed by atoms with van der Waals surface area (Å²) in [6.45, 7) is -0.243. The van der Waals surface area contributed by atoms with E-state index in [0.29, 0.717) is 35.6 Å². The summed E-state index contributed by atoms with van der Waals surface area (Å²) in [5.74, 6) is -0.385. The number of fused-ring (bicyclic) bond motifs is 2. The predicted octanol–water partition coefficient (Wildman–Crippen LogP) is 2.91. The minimum Gasteiger partial charge on any atom is -0.479 e. The van der Waals surface area contributed by atoms with E-state index in [2.05, 4.69) is 15.4 Å². The Morgan fingerprint density at radius 1 is 1.17 bits per heavy atom. The highest BCUT2D eigenvalue weighted by Gasteiger charge is 2.57. The van der Waals surface area contributed by atoms with Crippen molar-refractivity contribution in [3.8, 4) is 5.75 Å². The molecule has 4 aliphatic carbocycles. The second-order valence-electron chi connectivity index (χ2n) is 9.78. The average molecular weight is 517 g/mol. The topological polar surface area (TPSA) is 103 Å². The van der Waals surface area contributed by atoms with Crippen molar-refractivity contribution in [1.29, 1.82) is 0 Å². The van der Waals surface area contributed by atoms with Crippen molar-refractivity contribution in [2.24, 2.45) is 5.92 Å². The number of amides is 2. The number of benzene rings is 1. The molecule has 2 unspecified atom stereocenters. The molecule has 1 aromatic rings. The van der Waals surface area contributed by atoms with E-state index in [1.54, 1.807) is 12.1 Å². The number of Topliss-reactive ketones (excluding diaryl/α,β-unsaturated/α-hetero) is 1. The molecule has 35 heavy (non-hydrogen) atoms. The highest BCUT2D eigenvalue weighted by Crippen LogP contribution is 2.52. The average Bonchev–Trinajstić information content (AvgIpc) is 3.22. The van der Waals surface area contributed by atoms with Gasteiger partial charge in [-0.25, -0.2) is 0 Å². The molecule has 2 amide bonds. The van der Waals surface area contributed by atoms with Gasteiger partial charge in [0.1, 0.15) is 12.4 Å². The number of carbonyl (C=O) groups excluding carboxylic acids is 3. The molecule has 190 valence electrons.